The number of sulfone groups is 1. The summed E-state index contributed by atoms with van der Waals surface area (Å²) in [5.74, 6) is -2.61. The van der Waals surface area contributed by atoms with Crippen molar-refractivity contribution in [2.45, 2.75) is 69.3 Å². The number of fused-ring (bicyclic) bond motifs is 5. The molecule has 6 nitrogen and oxygen atoms in total. The number of allylic oxidation sites excluding steroid dienone is 4. The maximum Gasteiger partial charge on any atom is 0.185 e. The highest BCUT2D eigenvalue weighted by atomic mass is 32.2. The molecule has 7 atom stereocenters. The molecule has 0 aromatic rings. The van der Waals surface area contributed by atoms with E-state index in [2.05, 4.69) is 0 Å². The summed E-state index contributed by atoms with van der Waals surface area (Å²) in [6, 6.07) is 0. The van der Waals surface area contributed by atoms with E-state index in [1.54, 1.807) is 19.9 Å². The summed E-state index contributed by atoms with van der Waals surface area (Å²) in [6.45, 7) is 5.17. The molecule has 0 unspecified atom stereocenters. The van der Waals surface area contributed by atoms with E-state index in [1.165, 1.54) is 26.4 Å². The van der Waals surface area contributed by atoms with Crippen LogP contribution in [0.1, 0.15) is 46.5 Å². The first-order valence-electron chi connectivity index (χ1n) is 11.0. The predicted molar refractivity (Wildman–Crippen MR) is 114 cm³/mol. The number of methoxy groups -OCH3 is 2. The van der Waals surface area contributed by atoms with Gasteiger partial charge in [0.15, 0.2) is 27.1 Å². The summed E-state index contributed by atoms with van der Waals surface area (Å²) in [7, 11) is -0.778. The van der Waals surface area contributed by atoms with Gasteiger partial charge in [-0.3, -0.25) is 4.79 Å². The van der Waals surface area contributed by atoms with Gasteiger partial charge in [0.25, 0.3) is 0 Å². The highest BCUT2D eigenvalue weighted by Gasteiger charge is 2.76. The van der Waals surface area contributed by atoms with Gasteiger partial charge in [-0.1, -0.05) is 25.5 Å². The molecule has 1 N–H and O–H groups in total. The van der Waals surface area contributed by atoms with E-state index in [-0.39, 0.29) is 30.3 Å². The molecular weight excluding hydrogens is 423 g/mol. The Morgan fingerprint density at radius 2 is 1.84 bits per heavy atom. The zero-order valence-corrected chi connectivity index (χ0v) is 19.7. The van der Waals surface area contributed by atoms with E-state index in [1.807, 2.05) is 6.92 Å². The second-order valence-electron chi connectivity index (χ2n) is 10.1. The van der Waals surface area contributed by atoms with Crippen LogP contribution in [0.15, 0.2) is 23.8 Å². The SMILES string of the molecule is CCS(=O)(=O)[C@H]1C(OC)(OC)C[C@H]2[C@@H]3CCC4=CC(=O)C=C[C@]4(C)[C@@]3(F)[C@@H](O)C[C@@]21C. The second kappa shape index (κ2) is 6.95. The largest absolute Gasteiger partial charge is 0.390 e. The lowest BCUT2D eigenvalue weighted by Gasteiger charge is -2.61. The van der Waals surface area contributed by atoms with Crippen molar-refractivity contribution >= 4 is 15.6 Å². The van der Waals surface area contributed by atoms with Gasteiger partial charge < -0.3 is 14.6 Å². The van der Waals surface area contributed by atoms with Crippen LogP contribution in [0.5, 0.6) is 0 Å². The number of halogens is 1. The topological polar surface area (TPSA) is 89.9 Å². The summed E-state index contributed by atoms with van der Waals surface area (Å²) in [5, 5.41) is 10.3. The molecule has 4 aliphatic rings. The van der Waals surface area contributed by atoms with Crippen LogP contribution in [0, 0.1) is 22.7 Å². The number of rotatable bonds is 4. The molecule has 31 heavy (non-hydrogen) atoms. The first-order valence-corrected chi connectivity index (χ1v) is 12.7. The number of aliphatic hydroxyl groups excluding tert-OH is 1. The Balaban J connectivity index is 1.89. The number of carbonyl (C=O) groups is 1. The van der Waals surface area contributed by atoms with Gasteiger partial charge >= 0.3 is 0 Å². The third-order valence-electron chi connectivity index (χ3n) is 9.03. The van der Waals surface area contributed by atoms with Crippen molar-refractivity contribution in [2.24, 2.45) is 22.7 Å². The van der Waals surface area contributed by atoms with Gasteiger partial charge in [-0.2, -0.15) is 0 Å². The summed E-state index contributed by atoms with van der Waals surface area (Å²) >= 11 is 0. The van der Waals surface area contributed by atoms with E-state index in [9.17, 15) is 18.3 Å². The lowest BCUT2D eigenvalue weighted by atomic mass is 9.46. The lowest BCUT2D eigenvalue weighted by molar-refractivity contribution is -0.203. The zero-order chi connectivity index (χ0) is 23.0. The Hall–Kier alpha value is -1.09. The fourth-order valence-corrected chi connectivity index (χ4v) is 9.77. The van der Waals surface area contributed by atoms with Gasteiger partial charge in [0.2, 0.25) is 0 Å². The van der Waals surface area contributed by atoms with Crippen molar-refractivity contribution in [1.82, 2.24) is 0 Å². The molecule has 0 saturated heterocycles. The fourth-order valence-electron chi connectivity index (χ4n) is 7.51. The molecule has 0 aliphatic heterocycles. The quantitative estimate of drug-likeness (QED) is 0.655. The highest BCUT2D eigenvalue weighted by molar-refractivity contribution is 7.92. The van der Waals surface area contributed by atoms with E-state index in [4.69, 9.17) is 9.47 Å². The molecule has 4 aliphatic carbocycles. The van der Waals surface area contributed by atoms with Gasteiger partial charge in [0.05, 0.1) is 6.10 Å². The van der Waals surface area contributed by atoms with E-state index >= 15 is 4.39 Å². The maximum atomic E-state index is 17.1. The molecule has 0 aromatic heterocycles. The molecule has 3 saturated carbocycles. The van der Waals surface area contributed by atoms with Crippen LogP contribution in [0.25, 0.3) is 0 Å². The summed E-state index contributed by atoms with van der Waals surface area (Å²) < 4.78 is 55.1. The third kappa shape index (κ3) is 2.71. The van der Waals surface area contributed by atoms with Crippen molar-refractivity contribution in [3.05, 3.63) is 23.8 Å². The minimum atomic E-state index is -3.64. The molecule has 174 valence electrons. The normalized spacial score (nSPS) is 46.2. The summed E-state index contributed by atoms with van der Waals surface area (Å²) in [6.07, 6.45) is 4.25. The van der Waals surface area contributed by atoms with Crippen molar-refractivity contribution in [3.63, 3.8) is 0 Å². The number of hydrogen-bond acceptors (Lipinski definition) is 6. The van der Waals surface area contributed by atoms with Crippen LogP contribution < -0.4 is 0 Å². The van der Waals surface area contributed by atoms with Gasteiger partial charge in [-0.15, -0.1) is 0 Å². The van der Waals surface area contributed by atoms with Crippen molar-refractivity contribution < 1.29 is 32.2 Å². The van der Waals surface area contributed by atoms with Crippen LogP contribution in [-0.2, 0) is 24.1 Å². The Labute approximate surface area is 183 Å². The molecule has 0 amide bonds. The molecular formula is C23H33FO6S. The highest BCUT2D eigenvalue weighted by Crippen LogP contribution is 2.70. The summed E-state index contributed by atoms with van der Waals surface area (Å²) in [5.41, 5.74) is -3.35. The van der Waals surface area contributed by atoms with Crippen LogP contribution in [0.4, 0.5) is 4.39 Å². The standard InChI is InChI=1S/C23H33FO6S/c1-6-31(27,28)19-20(2)13-18(26)23(24)16(17(20)12-22(19,29-4)30-5)8-7-14-11-15(25)9-10-21(14,23)3/h9-11,16-19,26H,6-8,12-13H2,1-5H3/t16-,17-,18-,19+,20-,21-,23-/m0/s1. The number of carbonyl (C=O) groups excluding carboxylic acids is 1. The molecule has 0 spiro atoms. The van der Waals surface area contributed by atoms with Crippen LogP contribution in [-0.4, -0.2) is 62.1 Å². The molecule has 0 radical (unpaired) electrons. The van der Waals surface area contributed by atoms with Crippen LogP contribution >= 0.6 is 0 Å². The fraction of sp³-hybridized carbons (Fsp3) is 0.783. The molecule has 0 heterocycles. The average Bonchev–Trinajstić information content (AvgIpc) is 2.99. The third-order valence-corrected chi connectivity index (χ3v) is 11.5. The molecule has 8 heteroatoms. The molecule has 4 rings (SSSR count). The Morgan fingerprint density at radius 3 is 2.42 bits per heavy atom. The number of hydrogen-bond donors (Lipinski definition) is 1. The van der Waals surface area contributed by atoms with Gasteiger partial charge in [-0.25, -0.2) is 12.8 Å². The van der Waals surface area contributed by atoms with E-state index in [0.717, 1.165) is 0 Å². The first-order chi connectivity index (χ1) is 14.4. The Morgan fingerprint density at radius 1 is 1.19 bits per heavy atom. The minimum absolute atomic E-state index is 0.0201. The van der Waals surface area contributed by atoms with Gasteiger partial charge in [0.1, 0.15) is 5.25 Å². The first kappa shape index (κ1) is 23.1. The predicted octanol–water partition coefficient (Wildman–Crippen LogP) is 2.76. The lowest BCUT2D eigenvalue weighted by Crippen LogP contribution is -2.67. The minimum Gasteiger partial charge on any atom is -0.390 e. The zero-order valence-electron chi connectivity index (χ0n) is 18.9. The van der Waals surface area contributed by atoms with Crippen LogP contribution in [0.2, 0.25) is 0 Å². The number of aliphatic hydroxyl groups is 1. The molecule has 3 fully saturated rings. The van der Waals surface area contributed by atoms with Gasteiger partial charge in [-0.05, 0) is 49.7 Å². The van der Waals surface area contributed by atoms with Gasteiger partial charge in [0, 0.05) is 37.7 Å². The average molecular weight is 457 g/mol. The van der Waals surface area contributed by atoms with E-state index in [0.29, 0.717) is 18.4 Å². The number of ether oxygens (including phenoxy) is 2. The monoisotopic (exact) mass is 456 g/mol. The van der Waals surface area contributed by atoms with Crippen molar-refractivity contribution in [2.75, 3.05) is 20.0 Å². The molecule has 0 aromatic carbocycles. The summed E-state index contributed by atoms with van der Waals surface area (Å²) in [4.78, 5) is 11.9. The Bertz CT molecular complexity index is 953. The number of ketones is 1. The number of alkyl halides is 1. The van der Waals surface area contributed by atoms with Crippen molar-refractivity contribution in [1.29, 1.82) is 0 Å². The van der Waals surface area contributed by atoms with E-state index < -0.39 is 49.4 Å². The molecule has 0 bridgehead atoms. The smallest absolute Gasteiger partial charge is 0.185 e. The maximum absolute atomic E-state index is 17.1. The second-order valence-corrected chi connectivity index (χ2v) is 12.5. The van der Waals surface area contributed by atoms with Crippen molar-refractivity contribution in [3.8, 4) is 0 Å². The Kier molecular flexibility index (Phi) is 5.18. The van der Waals surface area contributed by atoms with Crippen LogP contribution in [0.3, 0.4) is 0 Å².